The summed E-state index contributed by atoms with van der Waals surface area (Å²) in [6.45, 7) is 2.00. The van der Waals surface area contributed by atoms with Gasteiger partial charge in [0.05, 0.1) is 5.69 Å². The van der Waals surface area contributed by atoms with Gasteiger partial charge in [-0.1, -0.05) is 23.8 Å². The number of rotatable bonds is 3. The fourth-order valence-corrected chi connectivity index (χ4v) is 2.99. The van der Waals surface area contributed by atoms with Gasteiger partial charge in [0.15, 0.2) is 0 Å². The van der Waals surface area contributed by atoms with Crippen molar-refractivity contribution in [3.8, 4) is 21.8 Å². The second kappa shape index (κ2) is 5.46. The quantitative estimate of drug-likeness (QED) is 0.796. The average molecular weight is 296 g/mol. The highest BCUT2D eigenvalue weighted by atomic mass is 32.1. The Morgan fingerprint density at radius 3 is 2.57 bits per heavy atom. The molecule has 0 saturated heterocycles. The maximum atomic E-state index is 11.5. The molecule has 5 heteroatoms. The zero-order chi connectivity index (χ0) is 14.8. The molecule has 3 aromatic rings. The van der Waals surface area contributed by atoms with Crippen LogP contribution in [0.3, 0.4) is 0 Å². The largest absolute Gasteiger partial charge is 0.477 e. The van der Waals surface area contributed by atoms with E-state index in [1.165, 1.54) is 11.3 Å². The monoisotopic (exact) mass is 296 g/mol. The van der Waals surface area contributed by atoms with E-state index in [0.717, 1.165) is 16.7 Å². The summed E-state index contributed by atoms with van der Waals surface area (Å²) in [5.41, 5.74) is 3.30. The number of carboxylic acid groups (broad SMARTS) is 1. The number of hydrogen-bond acceptors (Lipinski definition) is 4. The van der Waals surface area contributed by atoms with Crippen LogP contribution in [0.1, 0.15) is 15.2 Å². The van der Waals surface area contributed by atoms with Crippen molar-refractivity contribution in [3.63, 3.8) is 0 Å². The molecule has 0 aliphatic carbocycles. The molecule has 0 radical (unpaired) electrons. The topological polar surface area (TPSA) is 63.1 Å². The molecule has 0 unspecified atom stereocenters. The van der Waals surface area contributed by atoms with Crippen molar-refractivity contribution in [2.24, 2.45) is 0 Å². The lowest BCUT2D eigenvalue weighted by atomic mass is 10.1. The Hall–Kier alpha value is -2.53. The summed E-state index contributed by atoms with van der Waals surface area (Å²) in [5.74, 6) is -0.960. The molecule has 0 aliphatic heterocycles. The van der Waals surface area contributed by atoms with Gasteiger partial charge in [-0.2, -0.15) is 0 Å². The zero-order valence-corrected chi connectivity index (χ0v) is 12.1. The van der Waals surface area contributed by atoms with E-state index in [4.69, 9.17) is 0 Å². The summed E-state index contributed by atoms with van der Waals surface area (Å²) in [6.07, 6.45) is 3.26. The van der Waals surface area contributed by atoms with E-state index in [2.05, 4.69) is 9.97 Å². The first-order valence-corrected chi connectivity index (χ1v) is 7.18. The van der Waals surface area contributed by atoms with E-state index >= 15 is 0 Å². The molecule has 3 rings (SSSR count). The summed E-state index contributed by atoms with van der Waals surface area (Å²) in [6, 6.07) is 11.4. The van der Waals surface area contributed by atoms with Gasteiger partial charge in [-0.25, -0.2) is 9.78 Å². The summed E-state index contributed by atoms with van der Waals surface area (Å²) >= 11 is 1.19. The van der Waals surface area contributed by atoms with Crippen LogP contribution in [0.15, 0.2) is 48.8 Å². The van der Waals surface area contributed by atoms with Gasteiger partial charge in [0, 0.05) is 23.5 Å². The van der Waals surface area contributed by atoms with Crippen LogP contribution in [0, 0.1) is 6.92 Å². The second-order valence-electron chi connectivity index (χ2n) is 4.61. The van der Waals surface area contributed by atoms with Gasteiger partial charge in [-0.3, -0.25) is 4.98 Å². The zero-order valence-electron chi connectivity index (χ0n) is 11.3. The molecule has 0 atom stereocenters. The maximum Gasteiger partial charge on any atom is 0.348 e. The third kappa shape index (κ3) is 2.68. The van der Waals surface area contributed by atoms with Gasteiger partial charge in [-0.15, -0.1) is 11.3 Å². The Morgan fingerprint density at radius 1 is 1.14 bits per heavy atom. The number of pyridine rings is 1. The number of hydrogen-bond donors (Lipinski definition) is 1. The molecule has 0 saturated carbocycles. The summed E-state index contributed by atoms with van der Waals surface area (Å²) in [5, 5.41) is 10.1. The van der Waals surface area contributed by atoms with Crippen LogP contribution in [0.4, 0.5) is 0 Å². The van der Waals surface area contributed by atoms with E-state index in [0.29, 0.717) is 10.7 Å². The number of carbonyl (C=O) groups is 1. The van der Waals surface area contributed by atoms with Gasteiger partial charge < -0.3 is 5.11 Å². The van der Waals surface area contributed by atoms with Gasteiger partial charge in [0.25, 0.3) is 0 Å². The Balaban J connectivity index is 2.15. The van der Waals surface area contributed by atoms with Crippen LogP contribution in [0.2, 0.25) is 0 Å². The number of thiazole rings is 1. The SMILES string of the molecule is Cc1cccc(-c2nc(-c3ccncc3)c(C(=O)O)s2)c1. The highest BCUT2D eigenvalue weighted by Gasteiger charge is 2.19. The molecule has 4 nitrogen and oxygen atoms in total. The molecule has 104 valence electrons. The minimum absolute atomic E-state index is 0.248. The number of nitrogens with zero attached hydrogens (tertiary/aromatic N) is 2. The number of aromatic nitrogens is 2. The van der Waals surface area contributed by atoms with Crippen molar-refractivity contribution in [3.05, 3.63) is 59.2 Å². The van der Waals surface area contributed by atoms with Crippen LogP contribution in [0.5, 0.6) is 0 Å². The molecule has 2 aromatic heterocycles. The van der Waals surface area contributed by atoms with E-state index < -0.39 is 5.97 Å². The molecule has 0 amide bonds. The van der Waals surface area contributed by atoms with Crippen molar-refractivity contribution < 1.29 is 9.90 Å². The summed E-state index contributed by atoms with van der Waals surface area (Å²) in [4.78, 5) is 20.2. The normalized spacial score (nSPS) is 10.5. The molecule has 0 bridgehead atoms. The standard InChI is InChI=1S/C16H12N2O2S/c1-10-3-2-4-12(9-10)15-18-13(14(21-15)16(19)20)11-5-7-17-8-6-11/h2-9H,1H3,(H,19,20). The van der Waals surface area contributed by atoms with Crippen molar-refractivity contribution in [2.75, 3.05) is 0 Å². The number of benzene rings is 1. The van der Waals surface area contributed by atoms with E-state index in [9.17, 15) is 9.90 Å². The molecule has 2 heterocycles. The Morgan fingerprint density at radius 2 is 1.90 bits per heavy atom. The fourth-order valence-electron chi connectivity index (χ4n) is 2.07. The van der Waals surface area contributed by atoms with E-state index in [-0.39, 0.29) is 4.88 Å². The molecule has 1 aromatic carbocycles. The van der Waals surface area contributed by atoms with Gasteiger partial charge in [0.1, 0.15) is 9.88 Å². The first-order chi connectivity index (χ1) is 10.1. The minimum Gasteiger partial charge on any atom is -0.477 e. The van der Waals surface area contributed by atoms with Crippen LogP contribution in [-0.2, 0) is 0 Å². The Kier molecular flexibility index (Phi) is 3.50. The highest BCUT2D eigenvalue weighted by Crippen LogP contribution is 2.33. The van der Waals surface area contributed by atoms with E-state index in [1.54, 1.807) is 24.5 Å². The summed E-state index contributed by atoms with van der Waals surface area (Å²) in [7, 11) is 0. The first kappa shape index (κ1) is 13.5. The number of aryl methyl sites for hydroxylation is 1. The van der Waals surface area contributed by atoms with Crippen LogP contribution in [-0.4, -0.2) is 21.0 Å². The van der Waals surface area contributed by atoms with Crippen LogP contribution >= 0.6 is 11.3 Å². The molecule has 0 aliphatic rings. The molecular formula is C16H12N2O2S. The highest BCUT2D eigenvalue weighted by molar-refractivity contribution is 7.17. The maximum absolute atomic E-state index is 11.5. The predicted octanol–water partition coefficient (Wildman–Crippen LogP) is 3.88. The fraction of sp³-hybridized carbons (Fsp3) is 0.0625. The average Bonchev–Trinajstić information content (AvgIpc) is 2.93. The first-order valence-electron chi connectivity index (χ1n) is 6.36. The van der Waals surface area contributed by atoms with Crippen LogP contribution in [0.25, 0.3) is 21.8 Å². The Bertz CT molecular complexity index is 797. The lowest BCUT2D eigenvalue weighted by Crippen LogP contribution is -1.95. The van der Waals surface area contributed by atoms with E-state index in [1.807, 2.05) is 31.2 Å². The van der Waals surface area contributed by atoms with Gasteiger partial charge in [-0.05, 0) is 25.1 Å². The molecular weight excluding hydrogens is 284 g/mol. The lowest BCUT2D eigenvalue weighted by molar-refractivity contribution is 0.0702. The predicted molar refractivity (Wildman–Crippen MR) is 82.5 cm³/mol. The van der Waals surface area contributed by atoms with Crippen molar-refractivity contribution in [1.29, 1.82) is 0 Å². The molecule has 21 heavy (non-hydrogen) atoms. The smallest absolute Gasteiger partial charge is 0.348 e. The van der Waals surface area contributed by atoms with Crippen molar-refractivity contribution >= 4 is 17.3 Å². The van der Waals surface area contributed by atoms with Crippen molar-refractivity contribution in [1.82, 2.24) is 9.97 Å². The Labute approximate surface area is 125 Å². The third-order valence-corrected chi connectivity index (χ3v) is 4.13. The van der Waals surface area contributed by atoms with Crippen molar-refractivity contribution in [2.45, 2.75) is 6.92 Å². The van der Waals surface area contributed by atoms with Gasteiger partial charge in [0.2, 0.25) is 0 Å². The third-order valence-electron chi connectivity index (χ3n) is 3.04. The summed E-state index contributed by atoms with van der Waals surface area (Å²) < 4.78 is 0. The second-order valence-corrected chi connectivity index (χ2v) is 5.61. The lowest BCUT2D eigenvalue weighted by Gasteiger charge is -1.98. The van der Waals surface area contributed by atoms with Crippen LogP contribution < -0.4 is 0 Å². The molecule has 0 spiro atoms. The molecule has 0 fully saturated rings. The van der Waals surface area contributed by atoms with Gasteiger partial charge >= 0.3 is 5.97 Å². The minimum atomic E-state index is -0.960. The number of carboxylic acids is 1. The number of aromatic carboxylic acids is 1. The molecule has 1 N–H and O–H groups in total.